The van der Waals surface area contributed by atoms with Crippen molar-refractivity contribution in [2.24, 2.45) is 5.92 Å². The molecule has 0 aromatic carbocycles. The van der Waals surface area contributed by atoms with Gasteiger partial charge in [0.1, 0.15) is 10.8 Å². The first-order valence-electron chi connectivity index (χ1n) is 6.55. The second kappa shape index (κ2) is 5.14. The highest BCUT2D eigenvalue weighted by Crippen LogP contribution is 2.41. The van der Waals surface area contributed by atoms with E-state index in [2.05, 4.69) is 16.9 Å². The third-order valence-corrected chi connectivity index (χ3v) is 4.45. The first kappa shape index (κ1) is 13.8. The molecule has 1 heterocycles. The molecule has 0 bridgehead atoms. The number of aromatic nitrogens is 2. The molecule has 1 saturated carbocycles. The Labute approximate surface area is 114 Å². The maximum Gasteiger partial charge on any atom is 0.162 e. The van der Waals surface area contributed by atoms with Gasteiger partial charge in [0.25, 0.3) is 0 Å². The van der Waals surface area contributed by atoms with Crippen LogP contribution in [0.4, 0.5) is 0 Å². The molecule has 1 fully saturated rings. The van der Waals surface area contributed by atoms with E-state index < -0.39 is 0 Å². The topological polar surface area (TPSA) is 35.0 Å². The summed E-state index contributed by atoms with van der Waals surface area (Å²) >= 11 is 6.19. The average molecular weight is 269 g/mol. The van der Waals surface area contributed by atoms with E-state index in [9.17, 15) is 0 Å². The van der Waals surface area contributed by atoms with Gasteiger partial charge in [-0.05, 0) is 39.0 Å². The molecule has 2 unspecified atom stereocenters. The third-order valence-electron chi connectivity index (χ3n) is 4.08. The lowest BCUT2D eigenvalue weighted by molar-refractivity contribution is -0.0647. The van der Waals surface area contributed by atoms with E-state index >= 15 is 0 Å². The minimum absolute atomic E-state index is 0.347. The maximum atomic E-state index is 6.19. The molecule has 3 nitrogen and oxygen atoms in total. The van der Waals surface area contributed by atoms with Crippen LogP contribution < -0.4 is 0 Å². The first-order valence-corrected chi connectivity index (χ1v) is 6.92. The van der Waals surface area contributed by atoms with Gasteiger partial charge in [-0.15, -0.1) is 0 Å². The number of hydrogen-bond acceptors (Lipinski definition) is 3. The lowest BCUT2D eigenvalue weighted by atomic mass is 9.78. The second-order valence-electron chi connectivity index (χ2n) is 5.45. The average Bonchev–Trinajstić information content (AvgIpc) is 2.35. The van der Waals surface area contributed by atoms with E-state index in [1.165, 1.54) is 6.42 Å². The highest BCUT2D eigenvalue weighted by atomic mass is 35.5. The molecular weight excluding hydrogens is 248 g/mol. The number of aryl methyl sites for hydroxylation is 1. The van der Waals surface area contributed by atoms with Crippen LogP contribution in [0.3, 0.4) is 0 Å². The van der Waals surface area contributed by atoms with Crippen LogP contribution in [-0.2, 0) is 10.3 Å². The van der Waals surface area contributed by atoms with Gasteiger partial charge in [-0.2, -0.15) is 0 Å². The Morgan fingerprint density at radius 1 is 1.33 bits per heavy atom. The van der Waals surface area contributed by atoms with E-state index in [1.807, 2.05) is 13.8 Å². The van der Waals surface area contributed by atoms with E-state index in [0.717, 1.165) is 36.3 Å². The smallest absolute Gasteiger partial charge is 0.162 e. The molecule has 0 N–H and O–H groups in total. The largest absolute Gasteiger partial charge is 0.370 e. The number of halogens is 1. The third kappa shape index (κ3) is 2.39. The summed E-state index contributed by atoms with van der Waals surface area (Å²) in [6, 6.07) is 0. The van der Waals surface area contributed by atoms with Gasteiger partial charge in [0.2, 0.25) is 0 Å². The van der Waals surface area contributed by atoms with E-state index in [1.54, 1.807) is 7.11 Å². The van der Waals surface area contributed by atoms with Gasteiger partial charge in [-0.1, -0.05) is 24.9 Å². The molecule has 100 valence electrons. The van der Waals surface area contributed by atoms with Crippen molar-refractivity contribution in [1.29, 1.82) is 0 Å². The van der Waals surface area contributed by atoms with Gasteiger partial charge in [0.05, 0.1) is 0 Å². The van der Waals surface area contributed by atoms with Crippen LogP contribution in [0.1, 0.15) is 49.7 Å². The summed E-state index contributed by atoms with van der Waals surface area (Å²) in [7, 11) is 1.75. The predicted molar refractivity (Wildman–Crippen MR) is 72.8 cm³/mol. The van der Waals surface area contributed by atoms with Crippen LogP contribution in [0.15, 0.2) is 0 Å². The molecular formula is C14H21ClN2O. The normalized spacial score (nSPS) is 28.4. The van der Waals surface area contributed by atoms with E-state index in [0.29, 0.717) is 11.1 Å². The molecule has 1 aliphatic carbocycles. The van der Waals surface area contributed by atoms with Crippen LogP contribution in [-0.4, -0.2) is 17.1 Å². The van der Waals surface area contributed by atoms with Crippen LogP contribution in [0.2, 0.25) is 5.15 Å². The maximum absolute atomic E-state index is 6.19. The number of nitrogens with zero attached hydrogens (tertiary/aromatic N) is 2. The highest BCUT2D eigenvalue weighted by molar-refractivity contribution is 6.30. The fourth-order valence-electron chi connectivity index (χ4n) is 2.78. The van der Waals surface area contributed by atoms with E-state index in [4.69, 9.17) is 16.3 Å². The molecule has 1 aromatic rings. The molecule has 18 heavy (non-hydrogen) atoms. The number of hydrogen-bond donors (Lipinski definition) is 0. The minimum atomic E-state index is -0.347. The molecule has 2 atom stereocenters. The van der Waals surface area contributed by atoms with Crippen molar-refractivity contribution >= 4 is 11.6 Å². The zero-order chi connectivity index (χ0) is 13.3. The standard InChI is InChI=1S/C14H21ClN2O/c1-9-6-5-7-14(8-9,18-4)13-16-11(3)10(2)12(15)17-13/h9H,5-8H2,1-4H3. The van der Waals surface area contributed by atoms with Crippen molar-refractivity contribution in [3.8, 4) is 0 Å². The SMILES string of the molecule is COC1(c2nc(C)c(C)c(Cl)n2)CCCC(C)C1. The summed E-state index contributed by atoms with van der Waals surface area (Å²) in [5.74, 6) is 1.40. The van der Waals surface area contributed by atoms with Crippen LogP contribution in [0.25, 0.3) is 0 Å². The summed E-state index contributed by atoms with van der Waals surface area (Å²) in [6.07, 6.45) is 4.36. The molecule has 0 saturated heterocycles. The van der Waals surface area contributed by atoms with E-state index in [-0.39, 0.29) is 5.60 Å². The van der Waals surface area contributed by atoms with Gasteiger partial charge in [0, 0.05) is 18.4 Å². The Kier molecular flexibility index (Phi) is 3.93. The Balaban J connectivity index is 2.44. The van der Waals surface area contributed by atoms with Crippen molar-refractivity contribution in [2.75, 3.05) is 7.11 Å². The zero-order valence-electron chi connectivity index (χ0n) is 11.6. The summed E-state index contributed by atoms with van der Waals surface area (Å²) in [5.41, 5.74) is 1.55. The zero-order valence-corrected chi connectivity index (χ0v) is 12.3. The molecule has 0 amide bonds. The lowest BCUT2D eigenvalue weighted by Gasteiger charge is -2.37. The van der Waals surface area contributed by atoms with Crippen LogP contribution in [0.5, 0.6) is 0 Å². The van der Waals surface area contributed by atoms with Crippen LogP contribution in [0, 0.1) is 19.8 Å². The van der Waals surface area contributed by atoms with Crippen molar-refractivity contribution < 1.29 is 4.74 Å². The Morgan fingerprint density at radius 3 is 2.61 bits per heavy atom. The summed E-state index contributed by atoms with van der Waals surface area (Å²) in [5, 5.41) is 0.548. The minimum Gasteiger partial charge on any atom is -0.370 e. The van der Waals surface area contributed by atoms with Crippen molar-refractivity contribution in [3.63, 3.8) is 0 Å². The summed E-state index contributed by atoms with van der Waals surface area (Å²) in [4.78, 5) is 9.08. The molecule has 0 spiro atoms. The Bertz CT molecular complexity index is 426. The molecule has 1 aliphatic rings. The van der Waals surface area contributed by atoms with Crippen molar-refractivity contribution in [3.05, 3.63) is 22.2 Å². The predicted octanol–water partition coefficient (Wildman–Crippen LogP) is 3.80. The summed E-state index contributed by atoms with van der Waals surface area (Å²) < 4.78 is 5.80. The lowest BCUT2D eigenvalue weighted by Crippen LogP contribution is -2.36. The Hall–Kier alpha value is -0.670. The van der Waals surface area contributed by atoms with Crippen LogP contribution >= 0.6 is 11.6 Å². The van der Waals surface area contributed by atoms with Gasteiger partial charge in [-0.3, -0.25) is 0 Å². The fourth-order valence-corrected chi connectivity index (χ4v) is 3.00. The van der Waals surface area contributed by atoms with Crippen molar-refractivity contribution in [1.82, 2.24) is 9.97 Å². The quantitative estimate of drug-likeness (QED) is 0.766. The fraction of sp³-hybridized carbons (Fsp3) is 0.714. The van der Waals surface area contributed by atoms with Gasteiger partial charge < -0.3 is 4.74 Å². The monoisotopic (exact) mass is 268 g/mol. The number of ether oxygens (including phenoxy) is 1. The molecule has 0 aliphatic heterocycles. The summed E-state index contributed by atoms with van der Waals surface area (Å²) in [6.45, 7) is 6.18. The van der Waals surface area contributed by atoms with Gasteiger partial charge in [0.15, 0.2) is 5.82 Å². The number of rotatable bonds is 2. The highest BCUT2D eigenvalue weighted by Gasteiger charge is 2.39. The molecule has 4 heteroatoms. The second-order valence-corrected chi connectivity index (χ2v) is 5.81. The Morgan fingerprint density at radius 2 is 2.06 bits per heavy atom. The number of methoxy groups -OCH3 is 1. The molecule has 1 aromatic heterocycles. The molecule has 0 radical (unpaired) electrons. The van der Waals surface area contributed by atoms with Crippen molar-refractivity contribution in [2.45, 2.75) is 52.1 Å². The first-order chi connectivity index (χ1) is 8.48. The van der Waals surface area contributed by atoms with Gasteiger partial charge in [-0.25, -0.2) is 9.97 Å². The molecule has 2 rings (SSSR count). The van der Waals surface area contributed by atoms with Gasteiger partial charge >= 0.3 is 0 Å².